The third kappa shape index (κ3) is 2.78. The molecule has 1 aliphatic rings. The third-order valence-corrected chi connectivity index (χ3v) is 3.72. The zero-order valence-electron chi connectivity index (χ0n) is 11.4. The molecule has 0 aromatic heterocycles. The largest absolute Gasteiger partial charge is 0.398 e. The normalized spacial score (nSPS) is 16.6. The third-order valence-electron chi connectivity index (χ3n) is 3.72. The first-order valence-corrected chi connectivity index (χ1v) is 6.54. The smallest absolute Gasteiger partial charge is 0.292 e. The first-order chi connectivity index (χ1) is 9.02. The summed E-state index contributed by atoms with van der Waals surface area (Å²) >= 11 is 0. The molecule has 6 heteroatoms. The Morgan fingerprint density at radius 1 is 1.32 bits per heavy atom. The molecule has 1 aromatic rings. The zero-order valence-corrected chi connectivity index (χ0v) is 11.4. The van der Waals surface area contributed by atoms with Crippen molar-refractivity contribution in [3.8, 4) is 0 Å². The predicted octanol–water partition coefficient (Wildman–Crippen LogP) is 1.63. The van der Waals surface area contributed by atoms with E-state index in [1.54, 1.807) is 19.1 Å². The number of hydrogen-bond donors (Lipinski definition) is 1. The first-order valence-electron chi connectivity index (χ1n) is 6.54. The SMILES string of the molecule is CCN1CCN(c2cc(N)c(C)cc2[N+](=O)[O-])CC1. The standard InChI is InChI=1S/C13H20N4O2/c1-3-15-4-6-16(7-5-15)12-9-11(14)10(2)8-13(12)17(18)19/h8-9H,3-7,14H2,1-2H3. The summed E-state index contributed by atoms with van der Waals surface area (Å²) in [6.07, 6.45) is 0. The molecule has 6 nitrogen and oxygen atoms in total. The van der Waals surface area contributed by atoms with Crippen LogP contribution in [0.5, 0.6) is 0 Å². The molecule has 0 bridgehead atoms. The van der Waals surface area contributed by atoms with Gasteiger partial charge in [-0.2, -0.15) is 0 Å². The quantitative estimate of drug-likeness (QED) is 0.510. The number of likely N-dealkylation sites (N-methyl/N-ethyl adjacent to an activating group) is 1. The number of aryl methyl sites for hydroxylation is 1. The van der Waals surface area contributed by atoms with E-state index >= 15 is 0 Å². The summed E-state index contributed by atoms with van der Waals surface area (Å²) in [4.78, 5) is 15.2. The van der Waals surface area contributed by atoms with Crippen LogP contribution in [0.3, 0.4) is 0 Å². The molecule has 19 heavy (non-hydrogen) atoms. The van der Waals surface area contributed by atoms with Gasteiger partial charge in [-0.15, -0.1) is 0 Å². The number of benzene rings is 1. The zero-order chi connectivity index (χ0) is 14.0. The van der Waals surface area contributed by atoms with Crippen LogP contribution in [0.4, 0.5) is 17.1 Å². The summed E-state index contributed by atoms with van der Waals surface area (Å²) in [6, 6.07) is 3.30. The van der Waals surface area contributed by atoms with Crippen molar-refractivity contribution >= 4 is 17.1 Å². The fourth-order valence-corrected chi connectivity index (χ4v) is 2.40. The van der Waals surface area contributed by atoms with Crippen LogP contribution in [0.25, 0.3) is 0 Å². The second kappa shape index (κ2) is 5.44. The molecule has 1 heterocycles. The highest BCUT2D eigenvalue weighted by atomic mass is 16.6. The summed E-state index contributed by atoms with van der Waals surface area (Å²) in [5.41, 5.74) is 8.04. The predicted molar refractivity (Wildman–Crippen MR) is 76.6 cm³/mol. The molecule has 0 spiro atoms. The van der Waals surface area contributed by atoms with Crippen molar-refractivity contribution in [3.63, 3.8) is 0 Å². The maximum absolute atomic E-state index is 11.2. The Morgan fingerprint density at radius 3 is 2.47 bits per heavy atom. The van der Waals surface area contributed by atoms with Crippen LogP contribution < -0.4 is 10.6 Å². The van der Waals surface area contributed by atoms with Crippen LogP contribution in [-0.4, -0.2) is 42.5 Å². The highest BCUT2D eigenvalue weighted by molar-refractivity contribution is 5.71. The summed E-state index contributed by atoms with van der Waals surface area (Å²) in [6.45, 7) is 8.41. The van der Waals surface area contributed by atoms with E-state index in [9.17, 15) is 10.1 Å². The Morgan fingerprint density at radius 2 is 1.95 bits per heavy atom. The number of nitro benzene ring substituents is 1. The molecule has 0 radical (unpaired) electrons. The average molecular weight is 264 g/mol. The van der Waals surface area contributed by atoms with Gasteiger partial charge in [0.2, 0.25) is 0 Å². The van der Waals surface area contributed by atoms with Gasteiger partial charge in [0.05, 0.1) is 4.92 Å². The van der Waals surface area contributed by atoms with E-state index in [4.69, 9.17) is 5.73 Å². The van der Waals surface area contributed by atoms with Gasteiger partial charge in [-0.25, -0.2) is 0 Å². The molecule has 1 saturated heterocycles. The lowest BCUT2D eigenvalue weighted by Gasteiger charge is -2.35. The molecular weight excluding hydrogens is 244 g/mol. The van der Waals surface area contributed by atoms with Crippen LogP contribution in [0.2, 0.25) is 0 Å². The number of nitrogens with zero attached hydrogens (tertiary/aromatic N) is 3. The lowest BCUT2D eigenvalue weighted by atomic mass is 10.1. The van der Waals surface area contributed by atoms with Gasteiger partial charge in [-0.3, -0.25) is 10.1 Å². The highest BCUT2D eigenvalue weighted by Crippen LogP contribution is 2.33. The molecule has 2 N–H and O–H groups in total. The molecule has 2 rings (SSSR count). The topological polar surface area (TPSA) is 75.6 Å². The Bertz CT molecular complexity index is 482. The Labute approximate surface area is 112 Å². The molecule has 1 aromatic carbocycles. The van der Waals surface area contributed by atoms with E-state index in [0.29, 0.717) is 11.4 Å². The number of nitrogens with two attached hydrogens (primary N) is 1. The number of rotatable bonds is 3. The molecule has 104 valence electrons. The lowest BCUT2D eigenvalue weighted by Crippen LogP contribution is -2.46. The Hall–Kier alpha value is -1.82. The van der Waals surface area contributed by atoms with Gasteiger partial charge in [0.15, 0.2) is 0 Å². The van der Waals surface area contributed by atoms with Crippen molar-refractivity contribution in [2.75, 3.05) is 43.4 Å². The maximum atomic E-state index is 11.2. The number of nitro groups is 1. The number of anilines is 2. The van der Waals surface area contributed by atoms with Crippen molar-refractivity contribution in [1.29, 1.82) is 0 Å². The number of nitrogen functional groups attached to an aromatic ring is 1. The molecule has 1 fully saturated rings. The van der Waals surface area contributed by atoms with E-state index in [1.165, 1.54) is 0 Å². The van der Waals surface area contributed by atoms with Gasteiger partial charge in [-0.05, 0) is 25.1 Å². The maximum Gasteiger partial charge on any atom is 0.292 e. The second-order valence-corrected chi connectivity index (χ2v) is 4.88. The van der Waals surface area contributed by atoms with Gasteiger partial charge in [0.25, 0.3) is 5.69 Å². The summed E-state index contributed by atoms with van der Waals surface area (Å²) < 4.78 is 0. The van der Waals surface area contributed by atoms with Gasteiger partial charge < -0.3 is 15.5 Å². The minimum atomic E-state index is -0.325. The van der Waals surface area contributed by atoms with Crippen molar-refractivity contribution < 1.29 is 4.92 Å². The fourth-order valence-electron chi connectivity index (χ4n) is 2.40. The van der Waals surface area contributed by atoms with Crippen molar-refractivity contribution in [2.24, 2.45) is 0 Å². The van der Waals surface area contributed by atoms with Crippen LogP contribution in [0.1, 0.15) is 12.5 Å². The van der Waals surface area contributed by atoms with Gasteiger partial charge >= 0.3 is 0 Å². The monoisotopic (exact) mass is 264 g/mol. The molecule has 0 aliphatic carbocycles. The van der Waals surface area contributed by atoms with Gasteiger partial charge in [-0.1, -0.05) is 6.92 Å². The minimum absolute atomic E-state index is 0.150. The van der Waals surface area contributed by atoms with Crippen LogP contribution in [-0.2, 0) is 0 Å². The summed E-state index contributed by atoms with van der Waals surface area (Å²) in [5, 5.41) is 11.2. The van der Waals surface area contributed by atoms with Gasteiger partial charge in [0.1, 0.15) is 5.69 Å². The molecular formula is C13H20N4O2. The molecule has 0 atom stereocenters. The van der Waals surface area contributed by atoms with Crippen molar-refractivity contribution in [2.45, 2.75) is 13.8 Å². The van der Waals surface area contributed by atoms with E-state index in [2.05, 4.69) is 16.7 Å². The fraction of sp³-hybridized carbons (Fsp3) is 0.538. The number of hydrogen-bond acceptors (Lipinski definition) is 5. The summed E-state index contributed by atoms with van der Waals surface area (Å²) in [7, 11) is 0. The van der Waals surface area contributed by atoms with Gasteiger partial charge in [0, 0.05) is 37.9 Å². The second-order valence-electron chi connectivity index (χ2n) is 4.88. The number of piperazine rings is 1. The van der Waals surface area contributed by atoms with E-state index < -0.39 is 0 Å². The molecule has 1 aliphatic heterocycles. The molecule has 0 amide bonds. The van der Waals surface area contributed by atoms with Crippen LogP contribution >= 0.6 is 0 Å². The van der Waals surface area contributed by atoms with Crippen LogP contribution in [0.15, 0.2) is 12.1 Å². The van der Waals surface area contributed by atoms with Crippen LogP contribution in [0, 0.1) is 17.0 Å². The minimum Gasteiger partial charge on any atom is -0.398 e. The van der Waals surface area contributed by atoms with E-state index in [-0.39, 0.29) is 10.6 Å². The van der Waals surface area contributed by atoms with E-state index in [1.807, 2.05) is 0 Å². The molecule has 0 saturated carbocycles. The summed E-state index contributed by atoms with van der Waals surface area (Å²) in [5.74, 6) is 0. The van der Waals surface area contributed by atoms with E-state index in [0.717, 1.165) is 38.3 Å². The highest BCUT2D eigenvalue weighted by Gasteiger charge is 2.24. The van der Waals surface area contributed by atoms with Crippen molar-refractivity contribution in [3.05, 3.63) is 27.8 Å². The lowest BCUT2D eigenvalue weighted by molar-refractivity contribution is -0.384. The first kappa shape index (κ1) is 13.6. The average Bonchev–Trinajstić information content (AvgIpc) is 2.41. The van der Waals surface area contributed by atoms with Crippen molar-refractivity contribution in [1.82, 2.24) is 4.90 Å². The Balaban J connectivity index is 2.29. The molecule has 0 unspecified atom stereocenters. The Kier molecular flexibility index (Phi) is 3.90.